The normalized spacial score (nSPS) is 43.3. The van der Waals surface area contributed by atoms with Gasteiger partial charge >= 0.3 is 0 Å². The van der Waals surface area contributed by atoms with E-state index in [1.807, 2.05) is 12.2 Å². The van der Waals surface area contributed by atoms with Crippen molar-refractivity contribution in [2.45, 2.75) is 37.9 Å². The average Bonchev–Trinajstić information content (AvgIpc) is 2.75. The lowest BCUT2D eigenvalue weighted by molar-refractivity contribution is -0.123. The zero-order valence-electron chi connectivity index (χ0n) is 13.6. The third-order valence-corrected chi connectivity index (χ3v) is 6.95. The second kappa shape index (κ2) is 5.63. The predicted octanol–water partition coefficient (Wildman–Crippen LogP) is 2.36. The lowest BCUT2D eigenvalue weighted by atomic mass is 9.61. The number of ether oxygens (including phenoxy) is 2. The van der Waals surface area contributed by atoms with Gasteiger partial charge in [0.15, 0.2) is 5.76 Å². The van der Waals surface area contributed by atoms with Gasteiger partial charge in [-0.05, 0) is 25.3 Å². The van der Waals surface area contributed by atoms with Crippen LogP contribution in [-0.2, 0) is 14.3 Å². The number of allylic oxidation sites excluding steroid dienone is 3. The first-order valence-corrected chi connectivity index (χ1v) is 9.24. The van der Waals surface area contributed by atoms with Gasteiger partial charge in [-0.25, -0.2) is 0 Å². The molecule has 5 unspecified atom stereocenters. The SMILES string of the molecule is COC1=C2OC3C[C@@H](O)C=CC34CC(C(N)=O)CCC(C(Br)=C1)C24. The summed E-state index contributed by atoms with van der Waals surface area (Å²) in [6.07, 6.45) is 8.09. The topological polar surface area (TPSA) is 81.8 Å². The van der Waals surface area contributed by atoms with Crippen molar-refractivity contribution < 1.29 is 19.4 Å². The molecule has 1 heterocycles. The molecule has 1 aliphatic heterocycles. The van der Waals surface area contributed by atoms with Gasteiger partial charge in [-0.3, -0.25) is 4.79 Å². The van der Waals surface area contributed by atoms with E-state index in [0.29, 0.717) is 12.8 Å². The fourth-order valence-corrected chi connectivity index (χ4v) is 5.72. The number of primary amides is 1. The van der Waals surface area contributed by atoms with Crippen molar-refractivity contribution in [1.82, 2.24) is 0 Å². The highest BCUT2D eigenvalue weighted by atomic mass is 79.9. The summed E-state index contributed by atoms with van der Waals surface area (Å²) in [5.41, 5.74) is 5.36. The van der Waals surface area contributed by atoms with E-state index in [4.69, 9.17) is 15.2 Å². The third kappa shape index (κ3) is 2.19. The standard InChI is InChI=1S/C18H22BrNO4/c1-23-13-7-12(19)11-3-2-9(17(20)22)8-18-5-4-10(21)6-14(18)24-16(13)15(11)18/h4-5,7,9-11,14-15,21H,2-3,6,8H2,1H3,(H2,20,22)/t9?,10-,11?,14?,15?,18?/m0/s1. The largest absolute Gasteiger partial charge is 0.493 e. The molecule has 3 N–H and O–H groups in total. The van der Waals surface area contributed by atoms with Crippen LogP contribution in [0.15, 0.2) is 34.2 Å². The van der Waals surface area contributed by atoms with Crippen LogP contribution < -0.4 is 5.73 Å². The van der Waals surface area contributed by atoms with Crippen LogP contribution in [0.2, 0.25) is 0 Å². The Balaban J connectivity index is 1.88. The molecule has 3 aliphatic carbocycles. The Kier molecular flexibility index (Phi) is 3.80. The maximum absolute atomic E-state index is 12.0. The highest BCUT2D eigenvalue weighted by Gasteiger charge is 2.61. The summed E-state index contributed by atoms with van der Waals surface area (Å²) in [6.45, 7) is 0. The molecule has 1 amide bonds. The smallest absolute Gasteiger partial charge is 0.220 e. The van der Waals surface area contributed by atoms with E-state index in [1.165, 1.54) is 0 Å². The first kappa shape index (κ1) is 16.2. The van der Waals surface area contributed by atoms with Crippen LogP contribution in [0.1, 0.15) is 25.7 Å². The Morgan fingerprint density at radius 2 is 2.29 bits per heavy atom. The molecular weight excluding hydrogens is 374 g/mol. The quantitative estimate of drug-likeness (QED) is 0.703. The maximum Gasteiger partial charge on any atom is 0.220 e. The molecule has 0 radical (unpaired) electrons. The number of aliphatic hydroxyl groups excluding tert-OH is 1. The molecule has 5 nitrogen and oxygen atoms in total. The van der Waals surface area contributed by atoms with E-state index < -0.39 is 6.10 Å². The van der Waals surface area contributed by atoms with E-state index in [9.17, 15) is 9.90 Å². The lowest BCUT2D eigenvalue weighted by Gasteiger charge is -2.41. The summed E-state index contributed by atoms with van der Waals surface area (Å²) >= 11 is 3.71. The molecular formula is C18H22BrNO4. The maximum atomic E-state index is 12.0. The van der Waals surface area contributed by atoms with Crippen molar-refractivity contribution in [3.8, 4) is 0 Å². The first-order chi connectivity index (χ1) is 11.5. The van der Waals surface area contributed by atoms with Crippen LogP contribution in [0.4, 0.5) is 0 Å². The number of carbonyl (C=O) groups excluding carboxylic acids is 1. The van der Waals surface area contributed by atoms with Gasteiger partial charge in [0.05, 0.1) is 13.2 Å². The van der Waals surface area contributed by atoms with Crippen LogP contribution in [0.25, 0.3) is 0 Å². The Morgan fingerprint density at radius 3 is 3.00 bits per heavy atom. The molecule has 4 aliphatic rings. The summed E-state index contributed by atoms with van der Waals surface area (Å²) in [5.74, 6) is 1.54. The second-order valence-electron chi connectivity index (χ2n) is 7.31. The van der Waals surface area contributed by atoms with Gasteiger partial charge in [0, 0.05) is 34.1 Å². The second-order valence-corrected chi connectivity index (χ2v) is 8.22. The van der Waals surface area contributed by atoms with Gasteiger partial charge in [0.2, 0.25) is 5.91 Å². The molecule has 1 saturated carbocycles. The van der Waals surface area contributed by atoms with Gasteiger partial charge in [0.1, 0.15) is 11.9 Å². The van der Waals surface area contributed by atoms with E-state index >= 15 is 0 Å². The number of methoxy groups -OCH3 is 1. The average molecular weight is 396 g/mol. The number of rotatable bonds is 2. The predicted molar refractivity (Wildman–Crippen MR) is 91.6 cm³/mol. The van der Waals surface area contributed by atoms with Crippen LogP contribution in [0, 0.1) is 23.2 Å². The van der Waals surface area contributed by atoms with Crippen LogP contribution in [-0.4, -0.2) is 30.3 Å². The van der Waals surface area contributed by atoms with Crippen LogP contribution in [0.3, 0.4) is 0 Å². The van der Waals surface area contributed by atoms with Gasteiger partial charge in [-0.15, -0.1) is 0 Å². The van der Waals surface area contributed by atoms with Crippen molar-refractivity contribution in [1.29, 1.82) is 0 Å². The number of halogens is 1. The molecule has 6 atom stereocenters. The lowest BCUT2D eigenvalue weighted by Crippen LogP contribution is -2.43. The van der Waals surface area contributed by atoms with Gasteiger partial charge < -0.3 is 20.3 Å². The summed E-state index contributed by atoms with van der Waals surface area (Å²) < 4.78 is 12.9. The molecule has 0 aromatic carbocycles. The van der Waals surface area contributed by atoms with E-state index in [1.54, 1.807) is 7.11 Å². The number of amides is 1. The molecule has 0 bridgehead atoms. The Bertz CT molecular complexity index is 670. The van der Waals surface area contributed by atoms with E-state index in [0.717, 1.165) is 28.8 Å². The van der Waals surface area contributed by atoms with Gasteiger partial charge in [-0.2, -0.15) is 0 Å². The number of hydrogen-bond donors (Lipinski definition) is 2. The Morgan fingerprint density at radius 1 is 1.50 bits per heavy atom. The number of hydrogen-bond acceptors (Lipinski definition) is 4. The first-order valence-electron chi connectivity index (χ1n) is 8.45. The summed E-state index contributed by atoms with van der Waals surface area (Å²) in [7, 11) is 1.64. The van der Waals surface area contributed by atoms with Crippen molar-refractivity contribution in [2.75, 3.05) is 7.11 Å². The Labute approximate surface area is 149 Å². The van der Waals surface area contributed by atoms with Gasteiger partial charge in [0.25, 0.3) is 0 Å². The molecule has 1 saturated heterocycles. The summed E-state index contributed by atoms with van der Waals surface area (Å²) in [5, 5.41) is 10.1. The zero-order valence-corrected chi connectivity index (χ0v) is 15.2. The molecule has 24 heavy (non-hydrogen) atoms. The molecule has 130 valence electrons. The summed E-state index contributed by atoms with van der Waals surface area (Å²) in [4.78, 5) is 12.0. The molecule has 0 aromatic heterocycles. The highest BCUT2D eigenvalue weighted by molar-refractivity contribution is 9.11. The molecule has 0 aromatic rings. The monoisotopic (exact) mass is 395 g/mol. The minimum atomic E-state index is -0.516. The minimum absolute atomic E-state index is 0.116. The zero-order chi connectivity index (χ0) is 17.1. The molecule has 4 rings (SSSR count). The van der Waals surface area contributed by atoms with Crippen molar-refractivity contribution in [3.63, 3.8) is 0 Å². The van der Waals surface area contributed by atoms with Crippen molar-refractivity contribution >= 4 is 21.8 Å². The Hall–Kier alpha value is -1.27. The van der Waals surface area contributed by atoms with Gasteiger partial charge in [-0.1, -0.05) is 28.1 Å². The van der Waals surface area contributed by atoms with Crippen LogP contribution in [0.5, 0.6) is 0 Å². The van der Waals surface area contributed by atoms with Crippen molar-refractivity contribution in [2.24, 2.45) is 28.9 Å². The highest BCUT2D eigenvalue weighted by Crippen LogP contribution is 2.63. The molecule has 2 fully saturated rings. The summed E-state index contributed by atoms with van der Waals surface area (Å²) in [6, 6.07) is 0. The number of carbonyl (C=O) groups is 1. The number of nitrogens with two attached hydrogens (primary N) is 1. The minimum Gasteiger partial charge on any atom is -0.493 e. The molecule has 1 spiro atoms. The van der Waals surface area contributed by atoms with Crippen molar-refractivity contribution in [3.05, 3.63) is 34.2 Å². The van der Waals surface area contributed by atoms with E-state index in [2.05, 4.69) is 22.0 Å². The van der Waals surface area contributed by atoms with E-state index in [-0.39, 0.29) is 35.2 Å². The number of aliphatic hydroxyl groups is 1. The fraction of sp³-hybridized carbons (Fsp3) is 0.611. The van der Waals surface area contributed by atoms with Crippen LogP contribution >= 0.6 is 15.9 Å². The third-order valence-electron chi connectivity index (χ3n) is 6.13. The fourth-order valence-electron chi connectivity index (χ4n) is 5.02. The molecule has 6 heteroatoms.